The average molecular weight is 342 g/mol. The number of carbonyl (C=O) groups excluding carboxylic acids is 2. The summed E-state index contributed by atoms with van der Waals surface area (Å²) in [6.07, 6.45) is 1.50. The molecule has 0 aromatic heterocycles. The predicted octanol–water partition coefficient (Wildman–Crippen LogP) is 4.06. The monoisotopic (exact) mass is 342 g/mol. The van der Waals surface area contributed by atoms with Gasteiger partial charge in [-0.25, -0.2) is 4.79 Å². The van der Waals surface area contributed by atoms with Crippen LogP contribution < -0.4 is 4.90 Å². The second-order valence-electron chi connectivity index (χ2n) is 6.04. The first kappa shape index (κ1) is 18.8. The third-order valence-corrected chi connectivity index (χ3v) is 4.18. The zero-order valence-electron chi connectivity index (χ0n) is 15.2. The molecule has 0 saturated heterocycles. The van der Waals surface area contributed by atoms with Crippen LogP contribution in [-0.4, -0.2) is 44.1 Å². The van der Waals surface area contributed by atoms with E-state index in [1.165, 1.54) is 12.0 Å². The van der Waals surface area contributed by atoms with E-state index in [4.69, 9.17) is 0 Å². The summed E-state index contributed by atoms with van der Waals surface area (Å²) in [6, 6.07) is 14.1. The summed E-state index contributed by atoms with van der Waals surface area (Å²) in [6.45, 7) is 3.24. The highest BCUT2D eigenvalue weighted by atomic mass is 16.5. The van der Waals surface area contributed by atoms with Gasteiger partial charge in [0.2, 0.25) is 5.91 Å². The van der Waals surface area contributed by atoms with Crippen LogP contribution in [0.25, 0.3) is 10.8 Å². The van der Waals surface area contributed by atoms with Gasteiger partial charge in [-0.1, -0.05) is 43.3 Å². The van der Waals surface area contributed by atoms with Crippen molar-refractivity contribution in [1.29, 1.82) is 0 Å². The van der Waals surface area contributed by atoms with Crippen molar-refractivity contribution >= 4 is 28.5 Å². The molecule has 25 heavy (non-hydrogen) atoms. The number of hydrogen-bond donors (Lipinski definition) is 0. The van der Waals surface area contributed by atoms with Crippen molar-refractivity contribution < 1.29 is 14.3 Å². The summed E-state index contributed by atoms with van der Waals surface area (Å²) in [4.78, 5) is 27.5. The molecule has 0 fully saturated rings. The lowest BCUT2D eigenvalue weighted by Gasteiger charge is -2.24. The Balaban J connectivity index is 2.11. The molecule has 0 spiro atoms. The highest BCUT2D eigenvalue weighted by molar-refractivity contribution is 6.03. The minimum atomic E-state index is -0.382. The van der Waals surface area contributed by atoms with Crippen LogP contribution in [0.4, 0.5) is 10.5 Å². The van der Waals surface area contributed by atoms with Gasteiger partial charge in [-0.2, -0.15) is 0 Å². The van der Waals surface area contributed by atoms with Crippen LogP contribution in [0.2, 0.25) is 0 Å². The van der Waals surface area contributed by atoms with E-state index in [9.17, 15) is 9.59 Å². The Morgan fingerprint density at radius 3 is 2.48 bits per heavy atom. The summed E-state index contributed by atoms with van der Waals surface area (Å²) in [5, 5.41) is 2.21. The second-order valence-corrected chi connectivity index (χ2v) is 6.04. The van der Waals surface area contributed by atoms with Gasteiger partial charge in [0, 0.05) is 31.9 Å². The fraction of sp³-hybridized carbons (Fsp3) is 0.400. The maximum Gasteiger partial charge on any atom is 0.409 e. The zero-order valence-corrected chi connectivity index (χ0v) is 15.2. The van der Waals surface area contributed by atoms with E-state index in [2.05, 4.69) is 23.8 Å². The molecular weight excluding hydrogens is 316 g/mol. The van der Waals surface area contributed by atoms with Crippen molar-refractivity contribution in [2.45, 2.75) is 26.2 Å². The van der Waals surface area contributed by atoms with E-state index in [0.29, 0.717) is 25.9 Å². The predicted molar refractivity (Wildman–Crippen MR) is 101 cm³/mol. The standard InChI is InChI=1S/C20H26N2O3/c1-4-14-22(19(23)13-8-15-21(2)20(24)25-3)18-12-7-10-16-9-5-6-11-17(16)18/h5-7,9-12H,4,8,13-15H2,1-3H3. The van der Waals surface area contributed by atoms with Gasteiger partial charge in [0.05, 0.1) is 12.8 Å². The van der Waals surface area contributed by atoms with Crippen molar-refractivity contribution in [2.24, 2.45) is 0 Å². The van der Waals surface area contributed by atoms with Gasteiger partial charge >= 0.3 is 6.09 Å². The van der Waals surface area contributed by atoms with E-state index in [-0.39, 0.29) is 12.0 Å². The molecule has 0 atom stereocenters. The number of ether oxygens (including phenoxy) is 1. The van der Waals surface area contributed by atoms with E-state index in [1.54, 1.807) is 7.05 Å². The van der Waals surface area contributed by atoms with Gasteiger partial charge in [-0.05, 0) is 24.3 Å². The number of fused-ring (bicyclic) bond motifs is 1. The van der Waals surface area contributed by atoms with Crippen LogP contribution in [-0.2, 0) is 9.53 Å². The number of amides is 2. The second kappa shape index (κ2) is 9.06. The lowest BCUT2D eigenvalue weighted by Crippen LogP contribution is -2.33. The average Bonchev–Trinajstić information content (AvgIpc) is 2.64. The van der Waals surface area contributed by atoms with Crippen molar-refractivity contribution in [3.63, 3.8) is 0 Å². The summed E-state index contributed by atoms with van der Waals surface area (Å²) in [7, 11) is 3.03. The molecule has 2 amide bonds. The summed E-state index contributed by atoms with van der Waals surface area (Å²) >= 11 is 0. The Morgan fingerprint density at radius 1 is 1.04 bits per heavy atom. The third kappa shape index (κ3) is 4.72. The zero-order chi connectivity index (χ0) is 18.2. The van der Waals surface area contributed by atoms with E-state index < -0.39 is 0 Å². The molecule has 5 heteroatoms. The van der Waals surface area contributed by atoms with Crippen LogP contribution in [0.5, 0.6) is 0 Å². The summed E-state index contributed by atoms with van der Waals surface area (Å²) < 4.78 is 4.66. The number of rotatable bonds is 7. The largest absolute Gasteiger partial charge is 0.453 e. The number of hydrogen-bond acceptors (Lipinski definition) is 3. The molecule has 0 aliphatic carbocycles. The lowest BCUT2D eigenvalue weighted by atomic mass is 10.1. The minimum absolute atomic E-state index is 0.0801. The molecule has 2 rings (SSSR count). The van der Waals surface area contributed by atoms with Gasteiger partial charge < -0.3 is 14.5 Å². The molecule has 2 aromatic carbocycles. The normalized spacial score (nSPS) is 10.5. The number of anilines is 1. The maximum absolute atomic E-state index is 12.8. The van der Waals surface area contributed by atoms with Crippen LogP contribution in [0.1, 0.15) is 26.2 Å². The van der Waals surface area contributed by atoms with E-state index >= 15 is 0 Å². The molecule has 0 aliphatic heterocycles. The van der Waals surface area contributed by atoms with Gasteiger partial charge in [0.15, 0.2) is 0 Å². The van der Waals surface area contributed by atoms with Gasteiger partial charge in [0.1, 0.15) is 0 Å². The number of nitrogens with zero attached hydrogens (tertiary/aromatic N) is 2. The lowest BCUT2D eigenvalue weighted by molar-refractivity contribution is -0.118. The topological polar surface area (TPSA) is 49.9 Å². The van der Waals surface area contributed by atoms with Crippen molar-refractivity contribution in [3.05, 3.63) is 42.5 Å². The van der Waals surface area contributed by atoms with Crippen LogP contribution >= 0.6 is 0 Å². The van der Waals surface area contributed by atoms with Crippen molar-refractivity contribution in [2.75, 3.05) is 32.1 Å². The highest BCUT2D eigenvalue weighted by Gasteiger charge is 2.17. The van der Waals surface area contributed by atoms with Crippen molar-refractivity contribution in [3.8, 4) is 0 Å². The van der Waals surface area contributed by atoms with Crippen LogP contribution in [0, 0.1) is 0 Å². The third-order valence-electron chi connectivity index (χ3n) is 4.18. The Bertz CT molecular complexity index is 724. The highest BCUT2D eigenvalue weighted by Crippen LogP contribution is 2.27. The van der Waals surface area contributed by atoms with E-state index in [1.807, 2.05) is 35.2 Å². The van der Waals surface area contributed by atoms with E-state index in [0.717, 1.165) is 22.9 Å². The molecule has 134 valence electrons. The first-order chi connectivity index (χ1) is 12.1. The first-order valence-electron chi connectivity index (χ1n) is 8.65. The fourth-order valence-corrected chi connectivity index (χ4v) is 2.90. The molecule has 0 unspecified atom stereocenters. The smallest absolute Gasteiger partial charge is 0.409 e. The maximum atomic E-state index is 12.8. The van der Waals surface area contributed by atoms with Gasteiger partial charge in [-0.15, -0.1) is 0 Å². The molecule has 0 bridgehead atoms. The summed E-state index contributed by atoms with van der Waals surface area (Å²) in [5.41, 5.74) is 0.950. The molecule has 0 N–H and O–H groups in total. The molecule has 0 radical (unpaired) electrons. The molecule has 0 aliphatic rings. The van der Waals surface area contributed by atoms with Gasteiger partial charge in [-0.3, -0.25) is 4.79 Å². The Hall–Kier alpha value is -2.56. The Morgan fingerprint density at radius 2 is 1.76 bits per heavy atom. The van der Waals surface area contributed by atoms with Crippen LogP contribution in [0.3, 0.4) is 0 Å². The SMILES string of the molecule is CCCN(C(=O)CCCN(C)C(=O)OC)c1cccc2ccccc12. The minimum Gasteiger partial charge on any atom is -0.453 e. The molecule has 0 saturated carbocycles. The first-order valence-corrected chi connectivity index (χ1v) is 8.65. The number of methoxy groups -OCH3 is 1. The molecular formula is C20H26N2O3. The Labute approximate surface area is 149 Å². The summed E-state index contributed by atoms with van der Waals surface area (Å²) in [5.74, 6) is 0.0801. The molecule has 2 aromatic rings. The van der Waals surface area contributed by atoms with Crippen molar-refractivity contribution in [1.82, 2.24) is 4.90 Å². The number of carbonyl (C=O) groups is 2. The van der Waals surface area contributed by atoms with Crippen LogP contribution in [0.15, 0.2) is 42.5 Å². The fourth-order valence-electron chi connectivity index (χ4n) is 2.90. The molecule has 0 heterocycles. The Kier molecular flexibility index (Phi) is 6.81. The van der Waals surface area contributed by atoms with Gasteiger partial charge in [0.25, 0.3) is 0 Å². The quantitative estimate of drug-likeness (QED) is 0.762. The molecule has 5 nitrogen and oxygen atoms in total. The number of benzene rings is 2.